The molecule has 0 radical (unpaired) electrons. The Morgan fingerprint density at radius 1 is 1.18 bits per heavy atom. The third-order valence-electron chi connectivity index (χ3n) is 2.60. The second kappa shape index (κ2) is 4.37. The molecule has 90 valence electrons. The van der Waals surface area contributed by atoms with Crippen LogP contribution in [0.2, 0.25) is 0 Å². The highest BCUT2D eigenvalue weighted by Gasteiger charge is 2.20. The molecule has 0 unspecified atom stereocenters. The Kier molecular flexibility index (Phi) is 3.07. The van der Waals surface area contributed by atoms with E-state index in [0.717, 1.165) is 10.5 Å². The molecule has 2 rings (SSSR count). The molecule has 0 aliphatic carbocycles. The van der Waals surface area contributed by atoms with Crippen molar-refractivity contribution in [2.75, 3.05) is 0 Å². The molecule has 0 fully saturated rings. The number of para-hydroxylation sites is 1. The molecule has 0 saturated carbocycles. The fourth-order valence-corrected chi connectivity index (χ4v) is 2.79. The summed E-state index contributed by atoms with van der Waals surface area (Å²) in [6.45, 7) is 6.57. The monoisotopic (exact) mass is 247 g/mol. The molecule has 1 heterocycles. The van der Waals surface area contributed by atoms with Gasteiger partial charge in [-0.05, 0) is 12.1 Å². The van der Waals surface area contributed by atoms with Gasteiger partial charge in [-0.2, -0.15) is 5.10 Å². The van der Waals surface area contributed by atoms with Crippen molar-refractivity contribution in [2.24, 2.45) is 10.9 Å². The van der Waals surface area contributed by atoms with Gasteiger partial charge in [0.15, 0.2) is 0 Å². The molecule has 1 aromatic carbocycles. The lowest BCUT2D eigenvalue weighted by molar-refractivity contribution is 0.552. The molecule has 2 aromatic rings. The fraction of sp³-hybridized carbons (Fsp3) is 0.308. The molecule has 0 amide bonds. The highest BCUT2D eigenvalue weighted by atomic mass is 32.1. The van der Waals surface area contributed by atoms with Crippen LogP contribution >= 0.6 is 11.3 Å². The first-order valence-electron chi connectivity index (χ1n) is 5.54. The number of thiazole rings is 1. The second-order valence-electron chi connectivity index (χ2n) is 4.95. The van der Waals surface area contributed by atoms with Crippen molar-refractivity contribution >= 4 is 11.3 Å². The first-order valence-corrected chi connectivity index (χ1v) is 6.42. The highest BCUT2D eigenvalue weighted by Crippen LogP contribution is 2.25. The van der Waals surface area contributed by atoms with E-state index in [4.69, 9.17) is 5.84 Å². The predicted octanol–water partition coefficient (Wildman–Crippen LogP) is 2.61. The minimum absolute atomic E-state index is 0.0648. The molecular weight excluding hydrogens is 230 g/mol. The molecule has 0 saturated heterocycles. The maximum Gasteiger partial charge on any atom is 0.212 e. The van der Waals surface area contributed by atoms with E-state index in [1.54, 1.807) is 11.3 Å². The summed E-state index contributed by atoms with van der Waals surface area (Å²) >= 11 is 1.57. The average Bonchev–Trinajstić information content (AvgIpc) is 2.73. The van der Waals surface area contributed by atoms with Gasteiger partial charge in [0.2, 0.25) is 4.80 Å². The van der Waals surface area contributed by atoms with Gasteiger partial charge < -0.3 is 5.84 Å². The number of benzene rings is 1. The third-order valence-corrected chi connectivity index (χ3v) is 3.44. The normalized spacial score (nSPS) is 13.0. The lowest BCUT2D eigenvalue weighted by atomic mass is 9.93. The molecule has 0 spiro atoms. The second-order valence-corrected chi connectivity index (χ2v) is 5.79. The zero-order chi connectivity index (χ0) is 12.5. The zero-order valence-corrected chi connectivity index (χ0v) is 11.2. The molecule has 4 heteroatoms. The Bertz CT molecular complexity index is 558. The number of nitrogens with zero attached hydrogens (tertiary/aromatic N) is 2. The van der Waals surface area contributed by atoms with Gasteiger partial charge in [-0.15, -0.1) is 11.3 Å². The lowest BCUT2D eigenvalue weighted by Gasteiger charge is -2.20. The van der Waals surface area contributed by atoms with Crippen LogP contribution in [0.5, 0.6) is 0 Å². The van der Waals surface area contributed by atoms with Crippen molar-refractivity contribution in [3.63, 3.8) is 0 Å². The van der Waals surface area contributed by atoms with Crippen LogP contribution in [-0.4, -0.2) is 4.57 Å². The van der Waals surface area contributed by atoms with Crippen molar-refractivity contribution in [3.8, 4) is 5.69 Å². The number of nitrogens with two attached hydrogens (primary N) is 1. The lowest BCUT2D eigenvalue weighted by Crippen LogP contribution is -2.23. The summed E-state index contributed by atoms with van der Waals surface area (Å²) in [4.78, 5) is 0.820. The zero-order valence-electron chi connectivity index (χ0n) is 10.3. The first-order chi connectivity index (χ1) is 8.04. The van der Waals surface area contributed by atoms with Crippen LogP contribution in [-0.2, 0) is 5.41 Å². The van der Waals surface area contributed by atoms with E-state index in [1.807, 2.05) is 18.2 Å². The minimum Gasteiger partial charge on any atom is -0.320 e. The molecule has 0 atom stereocenters. The summed E-state index contributed by atoms with van der Waals surface area (Å²) in [6.07, 6.45) is 0. The van der Waals surface area contributed by atoms with E-state index in [2.05, 4.69) is 48.0 Å². The SMILES string of the molecule is CC(C)(C)c1cs/c(=N/N)n1-c1ccccc1. The summed E-state index contributed by atoms with van der Waals surface area (Å²) in [5, 5.41) is 5.99. The fourth-order valence-electron chi connectivity index (χ4n) is 1.74. The van der Waals surface area contributed by atoms with Crippen molar-refractivity contribution < 1.29 is 0 Å². The van der Waals surface area contributed by atoms with Gasteiger partial charge in [0.05, 0.1) is 0 Å². The summed E-state index contributed by atoms with van der Waals surface area (Å²) in [6, 6.07) is 10.2. The van der Waals surface area contributed by atoms with Gasteiger partial charge in [0.1, 0.15) is 0 Å². The Hall–Kier alpha value is -1.55. The van der Waals surface area contributed by atoms with Crippen LogP contribution in [0.4, 0.5) is 0 Å². The Balaban J connectivity index is 2.72. The van der Waals surface area contributed by atoms with Crippen molar-refractivity contribution in [1.82, 2.24) is 4.57 Å². The van der Waals surface area contributed by atoms with Crippen molar-refractivity contribution in [2.45, 2.75) is 26.2 Å². The van der Waals surface area contributed by atoms with Crippen molar-refractivity contribution in [3.05, 3.63) is 46.2 Å². The number of hydrogen-bond acceptors (Lipinski definition) is 3. The maximum absolute atomic E-state index is 5.46. The average molecular weight is 247 g/mol. The standard InChI is InChI=1S/C13H17N3S/c1-13(2,3)11-9-17-12(15-14)16(11)10-7-5-4-6-8-10/h4-9H,14H2,1-3H3/b15-12+. The van der Waals surface area contributed by atoms with E-state index in [1.165, 1.54) is 5.69 Å². The summed E-state index contributed by atoms with van der Waals surface area (Å²) in [5.41, 5.74) is 2.38. The van der Waals surface area contributed by atoms with Crippen LogP contribution in [0.1, 0.15) is 26.5 Å². The van der Waals surface area contributed by atoms with Crippen LogP contribution in [0.25, 0.3) is 5.69 Å². The number of rotatable bonds is 1. The molecule has 17 heavy (non-hydrogen) atoms. The molecule has 3 nitrogen and oxygen atoms in total. The van der Waals surface area contributed by atoms with Gasteiger partial charge in [0.25, 0.3) is 0 Å². The van der Waals surface area contributed by atoms with E-state index in [0.29, 0.717) is 0 Å². The topological polar surface area (TPSA) is 43.3 Å². The van der Waals surface area contributed by atoms with Gasteiger partial charge in [-0.3, -0.25) is 4.57 Å². The Morgan fingerprint density at radius 3 is 2.35 bits per heavy atom. The highest BCUT2D eigenvalue weighted by molar-refractivity contribution is 7.07. The third kappa shape index (κ3) is 2.26. The van der Waals surface area contributed by atoms with Crippen LogP contribution < -0.4 is 10.6 Å². The van der Waals surface area contributed by atoms with Crippen LogP contribution in [0.15, 0.2) is 40.8 Å². The largest absolute Gasteiger partial charge is 0.320 e. The van der Waals surface area contributed by atoms with Gasteiger partial charge in [0, 0.05) is 22.2 Å². The Morgan fingerprint density at radius 2 is 1.82 bits per heavy atom. The maximum atomic E-state index is 5.46. The number of aromatic nitrogens is 1. The molecule has 2 N–H and O–H groups in total. The van der Waals surface area contributed by atoms with Crippen molar-refractivity contribution in [1.29, 1.82) is 0 Å². The molecular formula is C13H17N3S. The van der Waals surface area contributed by atoms with E-state index in [-0.39, 0.29) is 5.41 Å². The number of hydrogen-bond donors (Lipinski definition) is 1. The molecule has 0 aliphatic heterocycles. The van der Waals surface area contributed by atoms with E-state index >= 15 is 0 Å². The van der Waals surface area contributed by atoms with Gasteiger partial charge in [-0.25, -0.2) is 0 Å². The van der Waals surface area contributed by atoms with E-state index < -0.39 is 0 Å². The van der Waals surface area contributed by atoms with Gasteiger partial charge in [-0.1, -0.05) is 39.0 Å². The molecule has 0 bridgehead atoms. The minimum atomic E-state index is 0.0648. The van der Waals surface area contributed by atoms with Gasteiger partial charge >= 0.3 is 0 Å². The first kappa shape index (κ1) is 11.9. The van der Waals surface area contributed by atoms with E-state index in [9.17, 15) is 0 Å². The summed E-state index contributed by atoms with van der Waals surface area (Å²) in [7, 11) is 0. The predicted molar refractivity (Wildman–Crippen MR) is 72.1 cm³/mol. The molecule has 1 aromatic heterocycles. The van der Waals surface area contributed by atoms with Crippen LogP contribution in [0, 0.1) is 0 Å². The summed E-state index contributed by atoms with van der Waals surface area (Å²) < 4.78 is 2.12. The Labute approximate surface area is 105 Å². The quantitative estimate of drug-likeness (QED) is 0.611. The smallest absolute Gasteiger partial charge is 0.212 e. The molecule has 0 aliphatic rings. The summed E-state index contributed by atoms with van der Waals surface area (Å²) in [5.74, 6) is 5.46. The van der Waals surface area contributed by atoms with Crippen LogP contribution in [0.3, 0.4) is 0 Å².